The maximum atomic E-state index is 5.73. The van der Waals surface area contributed by atoms with Crippen LogP contribution in [0.15, 0.2) is 64.4 Å². The summed E-state index contributed by atoms with van der Waals surface area (Å²) in [5.74, 6) is 3.50. The molecular formula is C28H31ClN6OS. The summed E-state index contributed by atoms with van der Waals surface area (Å²) in [7, 11) is 2.05. The van der Waals surface area contributed by atoms with Crippen molar-refractivity contribution in [2.24, 2.45) is 7.05 Å². The van der Waals surface area contributed by atoms with E-state index in [1.54, 1.807) is 18.0 Å². The number of fused-ring (bicyclic) bond motifs is 2. The van der Waals surface area contributed by atoms with E-state index >= 15 is 0 Å². The standard InChI is InChI=1S/C28H30N6OS.ClH/c1-19-18-30-27(35-19)24-5-4-20-9-13-34(14-10-21(20)16-24)12-3-15-36-28-32-31-26(33(28)2)23-6-7-25-22(17-23)8-11-29-25;/h4-8,11,16-18,29H,3,9-10,12-15H2,1-2H3;1H. The molecule has 9 heteroatoms. The number of thioether (sulfide) groups is 1. The summed E-state index contributed by atoms with van der Waals surface area (Å²) in [6.45, 7) is 5.22. The number of halogens is 1. The van der Waals surface area contributed by atoms with Gasteiger partial charge < -0.3 is 18.9 Å². The molecule has 0 bridgehead atoms. The van der Waals surface area contributed by atoms with Crippen LogP contribution in [-0.4, -0.2) is 55.0 Å². The number of oxazole rings is 1. The predicted octanol–water partition coefficient (Wildman–Crippen LogP) is 5.93. The van der Waals surface area contributed by atoms with Crippen molar-refractivity contribution in [3.8, 4) is 22.8 Å². The molecule has 3 aromatic heterocycles. The molecule has 37 heavy (non-hydrogen) atoms. The minimum atomic E-state index is 0. The van der Waals surface area contributed by atoms with E-state index in [-0.39, 0.29) is 12.4 Å². The second-order valence-corrected chi connectivity index (χ2v) is 10.5. The first-order valence-corrected chi connectivity index (χ1v) is 13.5. The van der Waals surface area contributed by atoms with Gasteiger partial charge in [0.05, 0.1) is 6.20 Å². The highest BCUT2D eigenvalue weighted by atomic mass is 35.5. The number of aromatic nitrogens is 5. The largest absolute Gasteiger partial charge is 0.441 e. The molecule has 0 aliphatic carbocycles. The van der Waals surface area contributed by atoms with Crippen LogP contribution in [0.2, 0.25) is 0 Å². The Morgan fingerprint density at radius 2 is 1.84 bits per heavy atom. The summed E-state index contributed by atoms with van der Waals surface area (Å²) >= 11 is 1.79. The van der Waals surface area contributed by atoms with Crippen LogP contribution in [0.1, 0.15) is 23.3 Å². The third-order valence-corrected chi connectivity index (χ3v) is 8.07. The third-order valence-electron chi connectivity index (χ3n) is 6.97. The maximum Gasteiger partial charge on any atom is 0.226 e. The van der Waals surface area contributed by atoms with Crippen LogP contribution in [0.3, 0.4) is 0 Å². The summed E-state index contributed by atoms with van der Waals surface area (Å²) in [5, 5.41) is 11.1. The molecule has 5 aromatic rings. The van der Waals surface area contributed by atoms with Gasteiger partial charge in [0.15, 0.2) is 11.0 Å². The van der Waals surface area contributed by atoms with Gasteiger partial charge >= 0.3 is 0 Å². The fraction of sp³-hybridized carbons (Fsp3) is 0.321. The lowest BCUT2D eigenvalue weighted by molar-refractivity contribution is 0.289. The highest BCUT2D eigenvalue weighted by Crippen LogP contribution is 2.27. The molecule has 1 aliphatic heterocycles. The summed E-state index contributed by atoms with van der Waals surface area (Å²) in [5.41, 5.74) is 6.17. The molecule has 0 saturated carbocycles. The number of aryl methyl sites for hydroxylation is 1. The molecule has 0 unspecified atom stereocenters. The van der Waals surface area contributed by atoms with Gasteiger partial charge in [-0.2, -0.15) is 0 Å². The van der Waals surface area contributed by atoms with Crippen molar-refractivity contribution in [1.29, 1.82) is 0 Å². The van der Waals surface area contributed by atoms with Gasteiger partial charge in [-0.15, -0.1) is 22.6 Å². The van der Waals surface area contributed by atoms with Crippen molar-refractivity contribution in [1.82, 2.24) is 29.6 Å². The Kier molecular flexibility index (Phi) is 7.69. The first-order chi connectivity index (χ1) is 17.6. The molecule has 6 rings (SSSR count). The number of hydrogen-bond acceptors (Lipinski definition) is 6. The summed E-state index contributed by atoms with van der Waals surface area (Å²) in [4.78, 5) is 10.2. The molecule has 192 valence electrons. The van der Waals surface area contributed by atoms with E-state index < -0.39 is 0 Å². The minimum Gasteiger partial charge on any atom is -0.441 e. The fourth-order valence-electron chi connectivity index (χ4n) is 4.95. The zero-order valence-electron chi connectivity index (χ0n) is 21.1. The van der Waals surface area contributed by atoms with E-state index in [1.165, 1.54) is 16.5 Å². The van der Waals surface area contributed by atoms with Crippen molar-refractivity contribution in [3.05, 3.63) is 71.7 Å². The number of aromatic amines is 1. The molecule has 1 aliphatic rings. The second kappa shape index (κ2) is 11.1. The number of nitrogens with one attached hydrogen (secondary N) is 1. The topological polar surface area (TPSA) is 75.8 Å². The second-order valence-electron chi connectivity index (χ2n) is 9.45. The van der Waals surface area contributed by atoms with E-state index in [9.17, 15) is 0 Å². The fourth-order valence-corrected chi connectivity index (χ4v) is 5.79. The number of rotatable bonds is 7. The van der Waals surface area contributed by atoms with Crippen LogP contribution in [-0.2, 0) is 19.9 Å². The molecule has 2 aromatic carbocycles. The zero-order valence-corrected chi connectivity index (χ0v) is 22.7. The number of benzene rings is 2. The molecular weight excluding hydrogens is 504 g/mol. The Morgan fingerprint density at radius 1 is 1.00 bits per heavy atom. The Balaban J connectivity index is 0.00000280. The molecule has 7 nitrogen and oxygen atoms in total. The van der Waals surface area contributed by atoms with E-state index in [2.05, 4.69) is 79.1 Å². The lowest BCUT2D eigenvalue weighted by atomic mass is 10.00. The van der Waals surface area contributed by atoms with Crippen molar-refractivity contribution in [2.45, 2.75) is 31.3 Å². The normalized spacial score (nSPS) is 13.9. The van der Waals surface area contributed by atoms with Crippen LogP contribution in [0.4, 0.5) is 0 Å². The Morgan fingerprint density at radius 3 is 2.68 bits per heavy atom. The zero-order chi connectivity index (χ0) is 24.5. The average Bonchev–Trinajstić information content (AvgIpc) is 3.59. The number of nitrogens with zero attached hydrogens (tertiary/aromatic N) is 5. The van der Waals surface area contributed by atoms with Crippen LogP contribution in [0.25, 0.3) is 33.7 Å². The van der Waals surface area contributed by atoms with Gasteiger partial charge in [-0.05, 0) is 80.3 Å². The van der Waals surface area contributed by atoms with Gasteiger partial charge in [-0.3, -0.25) is 0 Å². The summed E-state index contributed by atoms with van der Waals surface area (Å²) < 4.78 is 7.83. The van der Waals surface area contributed by atoms with Gasteiger partial charge in [-0.25, -0.2) is 4.98 Å². The highest BCUT2D eigenvalue weighted by Gasteiger charge is 2.16. The summed E-state index contributed by atoms with van der Waals surface area (Å²) in [6, 6.07) is 15.1. The van der Waals surface area contributed by atoms with E-state index in [0.717, 1.165) is 78.0 Å². The van der Waals surface area contributed by atoms with E-state index in [1.807, 2.05) is 13.1 Å². The first kappa shape index (κ1) is 25.6. The van der Waals surface area contributed by atoms with Gasteiger partial charge in [0.25, 0.3) is 0 Å². The highest BCUT2D eigenvalue weighted by molar-refractivity contribution is 7.99. The molecule has 0 spiro atoms. The average molecular weight is 535 g/mol. The summed E-state index contributed by atoms with van der Waals surface area (Å²) in [6.07, 6.45) is 7.02. The predicted molar refractivity (Wildman–Crippen MR) is 151 cm³/mol. The Hall–Kier alpha value is -3.07. The van der Waals surface area contributed by atoms with E-state index in [4.69, 9.17) is 4.42 Å². The van der Waals surface area contributed by atoms with Crippen LogP contribution >= 0.6 is 24.2 Å². The molecule has 0 atom stereocenters. The van der Waals surface area contributed by atoms with Crippen molar-refractivity contribution < 1.29 is 4.42 Å². The maximum absolute atomic E-state index is 5.73. The molecule has 0 radical (unpaired) electrons. The molecule has 0 amide bonds. The molecule has 1 N–H and O–H groups in total. The molecule has 4 heterocycles. The van der Waals surface area contributed by atoms with Crippen LogP contribution < -0.4 is 0 Å². The smallest absolute Gasteiger partial charge is 0.226 e. The van der Waals surface area contributed by atoms with Crippen LogP contribution in [0.5, 0.6) is 0 Å². The van der Waals surface area contributed by atoms with Crippen molar-refractivity contribution >= 4 is 35.1 Å². The monoisotopic (exact) mass is 534 g/mol. The molecule has 0 saturated heterocycles. The Labute approximate surface area is 227 Å². The Bertz CT molecular complexity index is 1510. The first-order valence-electron chi connectivity index (χ1n) is 12.5. The lowest BCUT2D eigenvalue weighted by Gasteiger charge is -2.19. The third kappa shape index (κ3) is 5.46. The van der Waals surface area contributed by atoms with Gasteiger partial charge in [-0.1, -0.05) is 17.8 Å². The van der Waals surface area contributed by atoms with Gasteiger partial charge in [0, 0.05) is 54.1 Å². The molecule has 0 fully saturated rings. The minimum absolute atomic E-state index is 0. The number of H-pyrrole nitrogens is 1. The van der Waals surface area contributed by atoms with Crippen molar-refractivity contribution in [2.75, 3.05) is 25.4 Å². The van der Waals surface area contributed by atoms with Crippen LogP contribution in [0, 0.1) is 6.92 Å². The van der Waals surface area contributed by atoms with Gasteiger partial charge in [0.1, 0.15) is 5.76 Å². The SMILES string of the molecule is Cc1cnc(-c2ccc3c(c2)CCN(CCCSc2nnc(-c4ccc5[nH]ccc5c4)n2C)CC3)o1.Cl. The van der Waals surface area contributed by atoms with Crippen molar-refractivity contribution in [3.63, 3.8) is 0 Å². The quantitative estimate of drug-likeness (QED) is 0.206. The lowest BCUT2D eigenvalue weighted by Crippen LogP contribution is -2.27. The number of hydrogen-bond donors (Lipinski definition) is 1. The van der Waals surface area contributed by atoms with E-state index in [0.29, 0.717) is 5.89 Å². The van der Waals surface area contributed by atoms with Gasteiger partial charge in [0.2, 0.25) is 5.89 Å².